The molecule has 1 aromatic carbocycles. The second-order valence-corrected chi connectivity index (χ2v) is 5.89. The van der Waals surface area contributed by atoms with E-state index < -0.39 is 6.10 Å². The number of rotatable bonds is 3. The van der Waals surface area contributed by atoms with Gasteiger partial charge in [-0.3, -0.25) is 9.59 Å². The van der Waals surface area contributed by atoms with E-state index in [0.717, 1.165) is 49.9 Å². The van der Waals surface area contributed by atoms with Crippen LogP contribution in [0.25, 0.3) is 0 Å². The first-order chi connectivity index (χ1) is 10.1. The predicted octanol–water partition coefficient (Wildman–Crippen LogP) is 2.60. The number of hydrogen-bond donors (Lipinski definition) is 0. The van der Waals surface area contributed by atoms with E-state index in [1.165, 1.54) is 0 Å². The van der Waals surface area contributed by atoms with Crippen LogP contribution in [0.3, 0.4) is 0 Å². The summed E-state index contributed by atoms with van der Waals surface area (Å²) in [7, 11) is 0. The van der Waals surface area contributed by atoms with E-state index in [9.17, 15) is 9.59 Å². The maximum Gasteiger partial charge on any atom is 0.263 e. The lowest BCUT2D eigenvalue weighted by Gasteiger charge is -2.22. The van der Waals surface area contributed by atoms with Crippen molar-refractivity contribution >= 4 is 11.7 Å². The Morgan fingerprint density at radius 1 is 1.19 bits per heavy atom. The van der Waals surface area contributed by atoms with Gasteiger partial charge in [-0.05, 0) is 56.4 Å². The van der Waals surface area contributed by atoms with Gasteiger partial charge in [-0.25, -0.2) is 0 Å². The van der Waals surface area contributed by atoms with E-state index in [-0.39, 0.29) is 11.7 Å². The van der Waals surface area contributed by atoms with E-state index in [0.29, 0.717) is 12.2 Å². The number of amides is 1. The lowest BCUT2D eigenvalue weighted by atomic mass is 9.90. The molecule has 112 valence electrons. The maximum absolute atomic E-state index is 12.2. The van der Waals surface area contributed by atoms with Crippen molar-refractivity contribution < 1.29 is 14.3 Å². The molecule has 1 aliphatic carbocycles. The molecule has 21 heavy (non-hydrogen) atoms. The third-order valence-corrected chi connectivity index (χ3v) is 4.31. The van der Waals surface area contributed by atoms with Crippen LogP contribution in [0.4, 0.5) is 0 Å². The molecule has 1 aromatic rings. The summed E-state index contributed by atoms with van der Waals surface area (Å²) in [6, 6.07) is 5.55. The summed E-state index contributed by atoms with van der Waals surface area (Å²) in [5.74, 6) is 0.953. The molecule has 1 fully saturated rings. The molecule has 4 heteroatoms. The van der Waals surface area contributed by atoms with Crippen LogP contribution in [0.5, 0.6) is 5.75 Å². The molecule has 3 rings (SSSR count). The largest absolute Gasteiger partial charge is 0.481 e. The molecule has 0 spiro atoms. The lowest BCUT2D eigenvalue weighted by Crippen LogP contribution is -2.38. The Kier molecular flexibility index (Phi) is 3.95. The number of ketones is 1. The van der Waals surface area contributed by atoms with Crippen LogP contribution in [-0.4, -0.2) is 35.8 Å². The zero-order chi connectivity index (χ0) is 14.8. The SMILES string of the molecule is CC(Oc1ccc2c(c1)CCCC2=O)C(=O)N1CCCC1. The van der Waals surface area contributed by atoms with E-state index in [4.69, 9.17) is 4.74 Å². The fourth-order valence-electron chi connectivity index (χ4n) is 3.15. The number of likely N-dealkylation sites (tertiary alicyclic amines) is 1. The fourth-order valence-corrected chi connectivity index (χ4v) is 3.15. The van der Waals surface area contributed by atoms with Crippen LogP contribution in [0.2, 0.25) is 0 Å². The zero-order valence-corrected chi connectivity index (χ0v) is 12.4. The first-order valence-electron chi connectivity index (χ1n) is 7.77. The molecule has 1 unspecified atom stereocenters. The molecule has 1 heterocycles. The number of ether oxygens (including phenoxy) is 1. The number of hydrogen-bond acceptors (Lipinski definition) is 3. The standard InChI is InChI=1S/C17H21NO3/c1-12(17(20)18-9-2-3-10-18)21-14-7-8-15-13(11-14)5-4-6-16(15)19/h7-8,11-12H,2-6,9-10H2,1H3. The summed E-state index contributed by atoms with van der Waals surface area (Å²) >= 11 is 0. The Balaban J connectivity index is 1.70. The van der Waals surface area contributed by atoms with Gasteiger partial charge in [0, 0.05) is 25.1 Å². The van der Waals surface area contributed by atoms with Crippen molar-refractivity contribution in [2.75, 3.05) is 13.1 Å². The van der Waals surface area contributed by atoms with Gasteiger partial charge in [0.2, 0.25) is 0 Å². The van der Waals surface area contributed by atoms with Crippen LogP contribution in [0.15, 0.2) is 18.2 Å². The van der Waals surface area contributed by atoms with E-state index in [2.05, 4.69) is 0 Å². The number of benzene rings is 1. The molecule has 1 aliphatic heterocycles. The van der Waals surface area contributed by atoms with E-state index >= 15 is 0 Å². The molecule has 2 aliphatic rings. The van der Waals surface area contributed by atoms with Crippen molar-refractivity contribution in [1.82, 2.24) is 4.90 Å². The van der Waals surface area contributed by atoms with Gasteiger partial charge in [0.05, 0.1) is 0 Å². The number of nitrogens with zero attached hydrogens (tertiary/aromatic N) is 1. The van der Waals surface area contributed by atoms with Crippen molar-refractivity contribution in [1.29, 1.82) is 0 Å². The van der Waals surface area contributed by atoms with Gasteiger partial charge in [-0.15, -0.1) is 0 Å². The van der Waals surface area contributed by atoms with Crippen LogP contribution in [-0.2, 0) is 11.2 Å². The average Bonchev–Trinajstić information content (AvgIpc) is 3.00. The highest BCUT2D eigenvalue weighted by Gasteiger charge is 2.25. The molecular formula is C17H21NO3. The molecule has 1 atom stereocenters. The van der Waals surface area contributed by atoms with Gasteiger partial charge < -0.3 is 9.64 Å². The monoisotopic (exact) mass is 287 g/mol. The molecule has 4 nitrogen and oxygen atoms in total. The minimum atomic E-state index is -0.472. The third kappa shape index (κ3) is 2.94. The number of fused-ring (bicyclic) bond motifs is 1. The van der Waals surface area contributed by atoms with Crippen molar-refractivity contribution in [2.45, 2.75) is 45.1 Å². The normalized spacial score (nSPS) is 19.3. The summed E-state index contributed by atoms with van der Waals surface area (Å²) in [5.41, 5.74) is 1.86. The second kappa shape index (κ2) is 5.88. The minimum Gasteiger partial charge on any atom is -0.481 e. The molecule has 0 N–H and O–H groups in total. The molecule has 0 radical (unpaired) electrons. The summed E-state index contributed by atoms with van der Waals surface area (Å²) in [5, 5.41) is 0. The van der Waals surface area contributed by atoms with Crippen molar-refractivity contribution in [2.24, 2.45) is 0 Å². The molecule has 1 amide bonds. The number of aryl methyl sites for hydroxylation is 1. The van der Waals surface area contributed by atoms with E-state index in [1.54, 1.807) is 13.0 Å². The second-order valence-electron chi connectivity index (χ2n) is 5.89. The van der Waals surface area contributed by atoms with Gasteiger partial charge in [0.25, 0.3) is 5.91 Å². The number of carbonyl (C=O) groups excluding carboxylic acids is 2. The van der Waals surface area contributed by atoms with E-state index in [1.807, 2.05) is 17.0 Å². The van der Waals surface area contributed by atoms with Gasteiger partial charge >= 0.3 is 0 Å². The first-order valence-corrected chi connectivity index (χ1v) is 7.77. The summed E-state index contributed by atoms with van der Waals surface area (Å²) in [4.78, 5) is 25.9. The minimum absolute atomic E-state index is 0.0568. The maximum atomic E-state index is 12.2. The highest BCUT2D eigenvalue weighted by Crippen LogP contribution is 2.26. The topological polar surface area (TPSA) is 46.6 Å². The van der Waals surface area contributed by atoms with Gasteiger partial charge in [0.1, 0.15) is 5.75 Å². The van der Waals surface area contributed by atoms with Gasteiger partial charge in [-0.1, -0.05) is 0 Å². The zero-order valence-electron chi connectivity index (χ0n) is 12.4. The Labute approximate surface area is 125 Å². The lowest BCUT2D eigenvalue weighted by molar-refractivity contribution is -0.136. The Hall–Kier alpha value is -1.84. The molecule has 0 saturated carbocycles. The number of carbonyl (C=O) groups is 2. The summed E-state index contributed by atoms with van der Waals surface area (Å²) in [6.07, 6.45) is 4.14. The average molecular weight is 287 g/mol. The van der Waals surface area contributed by atoms with Crippen LogP contribution in [0.1, 0.15) is 48.5 Å². The highest BCUT2D eigenvalue weighted by molar-refractivity contribution is 5.98. The van der Waals surface area contributed by atoms with Crippen molar-refractivity contribution in [3.8, 4) is 5.75 Å². The number of Topliss-reactive ketones (excluding diaryl/α,β-unsaturated/α-hetero) is 1. The van der Waals surface area contributed by atoms with Crippen LogP contribution >= 0.6 is 0 Å². The fraction of sp³-hybridized carbons (Fsp3) is 0.529. The predicted molar refractivity (Wildman–Crippen MR) is 79.6 cm³/mol. The van der Waals surface area contributed by atoms with Crippen LogP contribution < -0.4 is 4.74 Å². The quantitative estimate of drug-likeness (QED) is 0.858. The van der Waals surface area contributed by atoms with Gasteiger partial charge in [-0.2, -0.15) is 0 Å². The molecule has 0 aromatic heterocycles. The first kappa shape index (κ1) is 14.1. The highest BCUT2D eigenvalue weighted by atomic mass is 16.5. The molecule has 0 bridgehead atoms. The van der Waals surface area contributed by atoms with Crippen molar-refractivity contribution in [3.63, 3.8) is 0 Å². The smallest absolute Gasteiger partial charge is 0.263 e. The summed E-state index contributed by atoms with van der Waals surface area (Å²) in [6.45, 7) is 3.47. The Bertz CT molecular complexity index is 561. The van der Waals surface area contributed by atoms with Gasteiger partial charge in [0.15, 0.2) is 11.9 Å². The summed E-state index contributed by atoms with van der Waals surface area (Å²) < 4.78 is 5.79. The van der Waals surface area contributed by atoms with Crippen molar-refractivity contribution in [3.05, 3.63) is 29.3 Å². The molecular weight excluding hydrogens is 266 g/mol. The Morgan fingerprint density at radius 2 is 1.95 bits per heavy atom. The molecule has 1 saturated heterocycles. The third-order valence-electron chi connectivity index (χ3n) is 4.31. The Morgan fingerprint density at radius 3 is 2.71 bits per heavy atom. The van der Waals surface area contributed by atoms with Crippen LogP contribution in [0, 0.1) is 0 Å².